The van der Waals surface area contributed by atoms with Gasteiger partial charge in [-0.25, -0.2) is 5.43 Å². The Kier molecular flexibility index (Phi) is 6.42. The van der Waals surface area contributed by atoms with Gasteiger partial charge in [0.25, 0.3) is 5.91 Å². The van der Waals surface area contributed by atoms with Crippen LogP contribution in [0.5, 0.6) is 0 Å². The van der Waals surface area contributed by atoms with Gasteiger partial charge >= 0.3 is 0 Å². The number of anilines is 1. The highest BCUT2D eigenvalue weighted by atomic mass is 32.2. The molecule has 2 rings (SSSR count). The van der Waals surface area contributed by atoms with E-state index in [-0.39, 0.29) is 11.8 Å². The van der Waals surface area contributed by atoms with Crippen molar-refractivity contribution in [2.45, 2.75) is 6.92 Å². The van der Waals surface area contributed by atoms with Gasteiger partial charge in [-0.05, 0) is 17.7 Å². The van der Waals surface area contributed by atoms with Gasteiger partial charge in [0.1, 0.15) is 0 Å². The van der Waals surface area contributed by atoms with Gasteiger partial charge in [0.2, 0.25) is 5.91 Å². The highest BCUT2D eigenvalue weighted by Gasteiger charge is 2.13. The lowest BCUT2D eigenvalue weighted by Gasteiger charge is -2.24. The molecule has 0 radical (unpaired) electrons. The lowest BCUT2D eigenvalue weighted by Crippen LogP contribution is -2.40. The van der Waals surface area contributed by atoms with E-state index in [0.29, 0.717) is 6.54 Å². The summed E-state index contributed by atoms with van der Waals surface area (Å²) in [7, 11) is 0. The first-order valence-corrected chi connectivity index (χ1v) is 8.28. The smallest absolute Gasteiger partial charge is 0.254 e. The predicted molar refractivity (Wildman–Crippen MR) is 90.2 cm³/mol. The zero-order valence-electron chi connectivity index (χ0n) is 12.5. The maximum Gasteiger partial charge on any atom is 0.254 e. The highest BCUT2D eigenvalue weighted by molar-refractivity contribution is 7.99. The summed E-state index contributed by atoms with van der Waals surface area (Å²) < 4.78 is 0. The number of nitrogens with zero attached hydrogens (tertiary/aromatic N) is 2. The molecule has 2 amide bonds. The number of nitrogens with one attached hydrogen (secondary N) is 2. The van der Waals surface area contributed by atoms with Crippen molar-refractivity contribution in [1.82, 2.24) is 10.3 Å². The predicted octanol–water partition coefficient (Wildman–Crippen LogP) is 1.14. The third-order valence-electron chi connectivity index (χ3n) is 3.10. The van der Waals surface area contributed by atoms with E-state index in [1.54, 1.807) is 18.3 Å². The van der Waals surface area contributed by atoms with Crippen molar-refractivity contribution in [3.8, 4) is 0 Å². The Bertz CT molecular complexity index is 539. The van der Waals surface area contributed by atoms with Gasteiger partial charge in [-0.1, -0.05) is 12.1 Å². The second-order valence-corrected chi connectivity index (χ2v) is 6.21. The van der Waals surface area contributed by atoms with Gasteiger partial charge in [0, 0.05) is 37.2 Å². The number of rotatable bonds is 5. The molecule has 1 fully saturated rings. The van der Waals surface area contributed by atoms with E-state index < -0.39 is 0 Å². The number of hydrogen-bond donors (Lipinski definition) is 2. The largest absolute Gasteiger partial charge is 0.326 e. The molecular weight excluding hydrogens is 300 g/mol. The molecule has 2 N–H and O–H groups in total. The van der Waals surface area contributed by atoms with Gasteiger partial charge in [-0.15, -0.1) is 0 Å². The second kappa shape index (κ2) is 8.55. The van der Waals surface area contributed by atoms with Crippen LogP contribution in [0.2, 0.25) is 0 Å². The number of carbonyl (C=O) groups is 2. The monoisotopic (exact) mass is 320 g/mol. The fraction of sp³-hybridized carbons (Fsp3) is 0.400. The fourth-order valence-electron chi connectivity index (χ4n) is 2.03. The summed E-state index contributed by atoms with van der Waals surface area (Å²) in [5.41, 5.74) is 4.12. The molecule has 22 heavy (non-hydrogen) atoms. The Labute approximate surface area is 134 Å². The van der Waals surface area contributed by atoms with Crippen LogP contribution in [0.3, 0.4) is 0 Å². The molecule has 7 heteroatoms. The minimum Gasteiger partial charge on any atom is -0.326 e. The van der Waals surface area contributed by atoms with Crippen molar-refractivity contribution in [3.05, 3.63) is 29.8 Å². The van der Waals surface area contributed by atoms with Crippen LogP contribution >= 0.6 is 11.8 Å². The molecule has 118 valence electrons. The fourth-order valence-corrected chi connectivity index (χ4v) is 3.01. The molecule has 1 heterocycles. The average Bonchev–Trinajstić information content (AvgIpc) is 2.49. The Morgan fingerprint density at radius 1 is 1.27 bits per heavy atom. The summed E-state index contributed by atoms with van der Waals surface area (Å²) in [5.74, 6) is 1.96. The number of thioether (sulfide) groups is 1. The molecule has 0 bridgehead atoms. The van der Waals surface area contributed by atoms with E-state index in [4.69, 9.17) is 0 Å². The van der Waals surface area contributed by atoms with E-state index in [9.17, 15) is 9.59 Å². The van der Waals surface area contributed by atoms with Gasteiger partial charge < -0.3 is 5.32 Å². The maximum atomic E-state index is 11.8. The maximum absolute atomic E-state index is 11.8. The summed E-state index contributed by atoms with van der Waals surface area (Å²) in [6.07, 6.45) is 1.58. The molecule has 0 aromatic heterocycles. The number of carbonyl (C=O) groups excluding carboxylic acids is 2. The lowest BCUT2D eigenvalue weighted by atomic mass is 10.2. The van der Waals surface area contributed by atoms with Gasteiger partial charge in [0.15, 0.2) is 0 Å². The molecule has 0 saturated carbocycles. The highest BCUT2D eigenvalue weighted by Crippen LogP contribution is 2.09. The second-order valence-electron chi connectivity index (χ2n) is 4.98. The van der Waals surface area contributed by atoms with Crippen LogP contribution in [-0.4, -0.2) is 54.1 Å². The first kappa shape index (κ1) is 16.5. The van der Waals surface area contributed by atoms with Crippen LogP contribution in [0.15, 0.2) is 29.4 Å². The molecule has 1 aliphatic rings. The zero-order chi connectivity index (χ0) is 15.8. The van der Waals surface area contributed by atoms with Crippen LogP contribution in [0.1, 0.15) is 12.5 Å². The minimum atomic E-state index is -0.107. The van der Waals surface area contributed by atoms with Crippen molar-refractivity contribution in [2.24, 2.45) is 5.10 Å². The summed E-state index contributed by atoms with van der Waals surface area (Å²) in [6.45, 7) is 3.75. The van der Waals surface area contributed by atoms with Gasteiger partial charge in [0.05, 0.1) is 12.8 Å². The van der Waals surface area contributed by atoms with Crippen molar-refractivity contribution < 1.29 is 9.59 Å². The Morgan fingerprint density at radius 3 is 2.59 bits per heavy atom. The van der Waals surface area contributed by atoms with E-state index in [1.807, 2.05) is 23.9 Å². The minimum absolute atomic E-state index is 0.0991. The number of hydrazone groups is 1. The van der Waals surface area contributed by atoms with Crippen molar-refractivity contribution in [3.63, 3.8) is 0 Å². The Hall–Kier alpha value is -1.86. The summed E-state index contributed by atoms with van der Waals surface area (Å²) in [6, 6.07) is 7.22. The Morgan fingerprint density at radius 2 is 1.95 bits per heavy atom. The molecule has 1 aliphatic heterocycles. The lowest BCUT2D eigenvalue weighted by molar-refractivity contribution is -0.122. The number of benzene rings is 1. The number of amides is 2. The molecule has 6 nitrogen and oxygen atoms in total. The normalized spacial score (nSPS) is 15.7. The van der Waals surface area contributed by atoms with Gasteiger partial charge in [-0.3, -0.25) is 14.5 Å². The first-order valence-electron chi connectivity index (χ1n) is 7.13. The van der Waals surface area contributed by atoms with Crippen molar-refractivity contribution in [1.29, 1.82) is 0 Å². The van der Waals surface area contributed by atoms with E-state index in [1.165, 1.54) is 6.92 Å². The first-order chi connectivity index (χ1) is 10.6. The molecule has 0 atom stereocenters. The standard InChI is InChI=1S/C15H20N4O2S/c1-12(20)17-14-4-2-13(3-5-14)10-16-18-15(21)11-19-6-8-22-9-7-19/h2-5,10H,6-9,11H2,1H3,(H,17,20)(H,18,21). The van der Waals surface area contributed by atoms with Crippen LogP contribution in [0.25, 0.3) is 0 Å². The molecular formula is C15H20N4O2S. The van der Waals surface area contributed by atoms with E-state index in [0.717, 1.165) is 35.8 Å². The van der Waals surface area contributed by atoms with Crippen LogP contribution < -0.4 is 10.7 Å². The van der Waals surface area contributed by atoms with Crippen molar-refractivity contribution in [2.75, 3.05) is 36.5 Å². The third-order valence-corrected chi connectivity index (χ3v) is 4.05. The topological polar surface area (TPSA) is 73.8 Å². The molecule has 1 aromatic carbocycles. The summed E-state index contributed by atoms with van der Waals surface area (Å²) in [5, 5.41) is 6.65. The average molecular weight is 320 g/mol. The van der Waals surface area contributed by atoms with Crippen LogP contribution in [0, 0.1) is 0 Å². The molecule has 1 aromatic rings. The molecule has 0 aliphatic carbocycles. The third kappa shape index (κ3) is 5.87. The van der Waals surface area contributed by atoms with Crippen LogP contribution in [-0.2, 0) is 9.59 Å². The summed E-state index contributed by atoms with van der Waals surface area (Å²) in [4.78, 5) is 24.8. The van der Waals surface area contributed by atoms with Gasteiger partial charge in [-0.2, -0.15) is 16.9 Å². The zero-order valence-corrected chi connectivity index (χ0v) is 13.4. The van der Waals surface area contributed by atoms with Crippen LogP contribution in [0.4, 0.5) is 5.69 Å². The van der Waals surface area contributed by atoms with E-state index in [2.05, 4.69) is 20.7 Å². The molecule has 0 spiro atoms. The van der Waals surface area contributed by atoms with Crippen molar-refractivity contribution >= 4 is 35.5 Å². The SMILES string of the molecule is CC(=O)Nc1ccc(C=NNC(=O)CN2CCSCC2)cc1. The molecule has 0 unspecified atom stereocenters. The quantitative estimate of drug-likeness (QED) is 0.630. The Balaban J connectivity index is 1.76. The summed E-state index contributed by atoms with van der Waals surface area (Å²) >= 11 is 1.92. The number of hydrogen-bond acceptors (Lipinski definition) is 5. The van der Waals surface area contributed by atoms with E-state index >= 15 is 0 Å². The molecule has 1 saturated heterocycles.